The van der Waals surface area contributed by atoms with Gasteiger partial charge in [0.05, 0.1) is 10.8 Å². The fraction of sp³-hybridized carbons (Fsp3) is 0.364. The lowest BCUT2D eigenvalue weighted by Crippen LogP contribution is -2.34. The van der Waals surface area contributed by atoms with E-state index in [-0.39, 0.29) is 29.7 Å². The molecule has 2 amide bonds. The predicted octanol–water partition coefficient (Wildman–Crippen LogP) is 1.64. The van der Waals surface area contributed by atoms with Crippen molar-refractivity contribution in [1.29, 1.82) is 0 Å². The monoisotopic (exact) mass is 429 g/mol. The number of nitrogens with one attached hydrogen (secondary N) is 1. The van der Waals surface area contributed by atoms with E-state index in [0.717, 1.165) is 16.3 Å². The third kappa shape index (κ3) is 5.06. The number of amides is 2. The largest absolute Gasteiger partial charge is 0.352 e. The van der Waals surface area contributed by atoms with Crippen molar-refractivity contribution in [3.8, 4) is 0 Å². The molecule has 7 nitrogen and oxygen atoms in total. The molecule has 0 aliphatic carbocycles. The zero-order chi connectivity index (χ0) is 21.7. The number of nitrogens with zero attached hydrogens (tertiary/aromatic N) is 2. The van der Waals surface area contributed by atoms with Crippen LogP contribution in [0.25, 0.3) is 0 Å². The van der Waals surface area contributed by atoms with E-state index in [1.807, 2.05) is 30.3 Å². The minimum atomic E-state index is -3.61. The molecule has 8 heteroatoms. The summed E-state index contributed by atoms with van der Waals surface area (Å²) in [5, 5.41) is 2.81. The predicted molar refractivity (Wildman–Crippen MR) is 114 cm³/mol. The molecule has 0 bridgehead atoms. The summed E-state index contributed by atoms with van der Waals surface area (Å²) in [6.45, 7) is 1.06. The number of hydrogen-bond donors (Lipinski definition) is 1. The summed E-state index contributed by atoms with van der Waals surface area (Å²) in [7, 11) is -0.664. The quantitative estimate of drug-likeness (QED) is 0.691. The molecule has 3 rings (SSSR count). The van der Waals surface area contributed by atoms with Crippen LogP contribution < -0.4 is 5.32 Å². The second-order valence-corrected chi connectivity index (χ2v) is 9.71. The molecule has 160 valence electrons. The minimum absolute atomic E-state index is 0.0262. The molecular weight excluding hydrogens is 402 g/mol. The zero-order valence-electron chi connectivity index (χ0n) is 17.2. The van der Waals surface area contributed by atoms with Crippen molar-refractivity contribution in [3.63, 3.8) is 0 Å². The average Bonchev–Trinajstić information content (AvgIpc) is 3.12. The van der Waals surface area contributed by atoms with Crippen LogP contribution in [-0.2, 0) is 32.6 Å². The Bertz CT molecular complexity index is 1010. The number of carbonyl (C=O) groups excluding carboxylic acids is 2. The van der Waals surface area contributed by atoms with Gasteiger partial charge in [-0.05, 0) is 23.6 Å². The fourth-order valence-corrected chi connectivity index (χ4v) is 4.61. The van der Waals surface area contributed by atoms with E-state index < -0.39 is 15.9 Å². The Balaban J connectivity index is 1.58. The molecule has 1 fully saturated rings. The summed E-state index contributed by atoms with van der Waals surface area (Å²) >= 11 is 0. The molecule has 0 radical (unpaired) electrons. The van der Waals surface area contributed by atoms with Crippen LogP contribution in [0.3, 0.4) is 0 Å². The molecule has 1 heterocycles. The van der Waals surface area contributed by atoms with Crippen molar-refractivity contribution >= 4 is 21.8 Å². The molecule has 2 aromatic rings. The maximum Gasteiger partial charge on any atom is 0.242 e. The van der Waals surface area contributed by atoms with Crippen LogP contribution >= 0.6 is 0 Å². The highest BCUT2D eigenvalue weighted by atomic mass is 32.2. The van der Waals surface area contributed by atoms with Gasteiger partial charge < -0.3 is 10.2 Å². The molecule has 2 aromatic carbocycles. The molecule has 1 aliphatic rings. The normalized spacial score (nSPS) is 16.8. The first-order valence-electron chi connectivity index (χ1n) is 9.89. The first-order chi connectivity index (χ1) is 14.3. The fourth-order valence-electron chi connectivity index (χ4n) is 3.50. The molecule has 0 aromatic heterocycles. The molecule has 1 unspecified atom stereocenters. The lowest BCUT2D eigenvalue weighted by molar-refractivity contribution is -0.129. The maximum atomic E-state index is 12.6. The van der Waals surface area contributed by atoms with E-state index in [1.54, 1.807) is 23.1 Å². The third-order valence-corrected chi connectivity index (χ3v) is 7.20. The second-order valence-electron chi connectivity index (χ2n) is 7.59. The Kier molecular flexibility index (Phi) is 6.89. The van der Waals surface area contributed by atoms with Crippen molar-refractivity contribution in [2.45, 2.75) is 24.3 Å². The van der Waals surface area contributed by atoms with Gasteiger partial charge in [-0.2, -0.15) is 0 Å². The first kappa shape index (κ1) is 22.0. The van der Waals surface area contributed by atoms with Crippen LogP contribution in [0.4, 0.5) is 0 Å². The summed E-state index contributed by atoms with van der Waals surface area (Å²) in [6.07, 6.45) is 0.926. The highest BCUT2D eigenvalue weighted by Gasteiger charge is 2.34. The van der Waals surface area contributed by atoms with Crippen LogP contribution in [0.15, 0.2) is 59.5 Å². The summed E-state index contributed by atoms with van der Waals surface area (Å²) in [6, 6.07) is 16.5. The highest BCUT2D eigenvalue weighted by Crippen LogP contribution is 2.21. The molecule has 1 saturated heterocycles. The molecule has 0 saturated carbocycles. The van der Waals surface area contributed by atoms with Gasteiger partial charge in [-0.3, -0.25) is 9.59 Å². The number of sulfonamides is 1. The smallest absolute Gasteiger partial charge is 0.242 e. The topological polar surface area (TPSA) is 86.8 Å². The Morgan fingerprint density at radius 3 is 2.47 bits per heavy atom. The standard InChI is InChI=1S/C22H27N3O4S/c1-24(2)30(28,29)20-11-7-6-10-18(20)15-23-22(27)19-14-21(26)25(16-19)13-12-17-8-4-3-5-9-17/h3-11,19H,12-16H2,1-2H3,(H,23,27). The van der Waals surface area contributed by atoms with E-state index in [4.69, 9.17) is 0 Å². The Hall–Kier alpha value is -2.71. The summed E-state index contributed by atoms with van der Waals surface area (Å²) in [4.78, 5) is 26.8. The van der Waals surface area contributed by atoms with Crippen molar-refractivity contribution < 1.29 is 18.0 Å². The van der Waals surface area contributed by atoms with Crippen LogP contribution in [0.1, 0.15) is 17.5 Å². The molecule has 1 N–H and O–H groups in total. The van der Waals surface area contributed by atoms with Gasteiger partial charge in [0.2, 0.25) is 21.8 Å². The number of benzene rings is 2. The Morgan fingerprint density at radius 2 is 1.77 bits per heavy atom. The highest BCUT2D eigenvalue weighted by molar-refractivity contribution is 7.89. The van der Waals surface area contributed by atoms with Gasteiger partial charge in [-0.1, -0.05) is 48.5 Å². The number of rotatable bonds is 8. The van der Waals surface area contributed by atoms with Gasteiger partial charge in [0.1, 0.15) is 0 Å². The number of hydrogen-bond acceptors (Lipinski definition) is 4. The molecule has 30 heavy (non-hydrogen) atoms. The van der Waals surface area contributed by atoms with E-state index in [1.165, 1.54) is 20.2 Å². The third-order valence-electron chi connectivity index (χ3n) is 5.28. The summed E-state index contributed by atoms with van der Waals surface area (Å²) < 4.78 is 26.1. The lowest BCUT2D eigenvalue weighted by atomic mass is 10.1. The minimum Gasteiger partial charge on any atom is -0.352 e. The van der Waals surface area contributed by atoms with Gasteiger partial charge in [0, 0.05) is 40.2 Å². The van der Waals surface area contributed by atoms with E-state index in [9.17, 15) is 18.0 Å². The second kappa shape index (κ2) is 9.40. The van der Waals surface area contributed by atoms with E-state index >= 15 is 0 Å². The first-order valence-corrected chi connectivity index (χ1v) is 11.3. The molecule has 1 atom stereocenters. The van der Waals surface area contributed by atoms with Gasteiger partial charge >= 0.3 is 0 Å². The van der Waals surface area contributed by atoms with E-state index in [2.05, 4.69) is 5.32 Å². The van der Waals surface area contributed by atoms with Gasteiger partial charge in [0.15, 0.2) is 0 Å². The average molecular weight is 430 g/mol. The summed E-state index contributed by atoms with van der Waals surface area (Å²) in [5.74, 6) is -0.685. The Morgan fingerprint density at radius 1 is 1.10 bits per heavy atom. The molecule has 0 spiro atoms. The van der Waals surface area contributed by atoms with Gasteiger partial charge in [-0.15, -0.1) is 0 Å². The van der Waals surface area contributed by atoms with Crippen molar-refractivity contribution in [1.82, 2.24) is 14.5 Å². The Labute approximate surface area is 177 Å². The van der Waals surface area contributed by atoms with E-state index in [0.29, 0.717) is 18.7 Å². The van der Waals surface area contributed by atoms with Crippen LogP contribution in [0, 0.1) is 5.92 Å². The summed E-state index contributed by atoms with van der Waals surface area (Å²) in [5.41, 5.74) is 1.67. The van der Waals surface area contributed by atoms with Crippen LogP contribution in [0.2, 0.25) is 0 Å². The SMILES string of the molecule is CN(C)S(=O)(=O)c1ccccc1CNC(=O)C1CC(=O)N(CCc2ccccc2)C1. The van der Waals surface area contributed by atoms with Gasteiger partial charge in [0.25, 0.3) is 0 Å². The maximum absolute atomic E-state index is 12.6. The van der Waals surface area contributed by atoms with Crippen LogP contribution in [-0.4, -0.2) is 56.6 Å². The van der Waals surface area contributed by atoms with Crippen molar-refractivity contribution in [3.05, 3.63) is 65.7 Å². The molecule has 1 aliphatic heterocycles. The molecular formula is C22H27N3O4S. The zero-order valence-corrected chi connectivity index (χ0v) is 18.1. The van der Waals surface area contributed by atoms with Crippen molar-refractivity contribution in [2.75, 3.05) is 27.2 Å². The van der Waals surface area contributed by atoms with Crippen molar-refractivity contribution in [2.24, 2.45) is 5.92 Å². The number of likely N-dealkylation sites (tertiary alicyclic amines) is 1. The number of carbonyl (C=O) groups is 2. The van der Waals surface area contributed by atoms with Gasteiger partial charge in [-0.25, -0.2) is 12.7 Å². The lowest BCUT2D eigenvalue weighted by Gasteiger charge is -2.17. The van der Waals surface area contributed by atoms with Crippen LogP contribution in [0.5, 0.6) is 0 Å².